The molecule has 1 aliphatic carbocycles. The van der Waals surface area contributed by atoms with Crippen LogP contribution in [0.4, 0.5) is 4.79 Å². The number of carbonyl (C=O) groups excluding carboxylic acids is 2. The highest BCUT2D eigenvalue weighted by molar-refractivity contribution is 5.85. The summed E-state index contributed by atoms with van der Waals surface area (Å²) in [7, 11) is 0. The fourth-order valence-corrected chi connectivity index (χ4v) is 3.91. The van der Waals surface area contributed by atoms with Crippen molar-refractivity contribution >= 4 is 18.0 Å². The number of amides is 2. The number of carboxylic acid groups (broad SMARTS) is 1. The lowest BCUT2D eigenvalue weighted by Crippen LogP contribution is -2.47. The largest absolute Gasteiger partial charge is 0.481 e. The van der Waals surface area contributed by atoms with Crippen LogP contribution in [0.2, 0.25) is 0 Å². The molecular weight excluding hydrogens is 396 g/mol. The van der Waals surface area contributed by atoms with Gasteiger partial charge in [0, 0.05) is 18.9 Å². The summed E-state index contributed by atoms with van der Waals surface area (Å²) in [6.45, 7) is 2.35. The fourth-order valence-electron chi connectivity index (χ4n) is 3.91. The first-order valence-corrected chi connectivity index (χ1v) is 10.6. The third-order valence-electron chi connectivity index (χ3n) is 5.40. The maximum absolute atomic E-state index is 12.4. The molecule has 31 heavy (non-hydrogen) atoms. The van der Waals surface area contributed by atoms with Gasteiger partial charge in [0.2, 0.25) is 5.91 Å². The van der Waals surface area contributed by atoms with E-state index in [4.69, 9.17) is 9.84 Å². The van der Waals surface area contributed by atoms with Crippen LogP contribution in [0.3, 0.4) is 0 Å². The number of hydrogen-bond donors (Lipinski definition) is 3. The van der Waals surface area contributed by atoms with Crippen molar-refractivity contribution in [2.75, 3.05) is 13.2 Å². The zero-order valence-electron chi connectivity index (χ0n) is 17.6. The molecule has 2 aromatic carbocycles. The van der Waals surface area contributed by atoms with E-state index in [0.29, 0.717) is 19.3 Å². The number of fused-ring (bicyclic) bond motifs is 3. The molecule has 0 bridgehead atoms. The molecule has 0 saturated heterocycles. The first-order chi connectivity index (χ1) is 15.0. The van der Waals surface area contributed by atoms with Crippen LogP contribution >= 0.6 is 0 Å². The summed E-state index contributed by atoms with van der Waals surface area (Å²) >= 11 is 0. The highest BCUT2D eigenvalue weighted by Crippen LogP contribution is 2.44. The van der Waals surface area contributed by atoms with Gasteiger partial charge < -0.3 is 20.5 Å². The second kappa shape index (κ2) is 10.6. The van der Waals surface area contributed by atoms with Gasteiger partial charge in [0.25, 0.3) is 0 Å². The molecule has 0 spiro atoms. The Bertz CT molecular complexity index is 898. The summed E-state index contributed by atoms with van der Waals surface area (Å²) in [5, 5.41) is 14.0. The highest BCUT2D eigenvalue weighted by Gasteiger charge is 2.29. The lowest BCUT2D eigenvalue weighted by atomic mass is 9.98. The summed E-state index contributed by atoms with van der Waals surface area (Å²) < 4.78 is 5.52. The number of nitrogens with one attached hydrogen (secondary N) is 2. The second-order valence-electron chi connectivity index (χ2n) is 7.60. The average Bonchev–Trinajstić information content (AvgIpc) is 3.08. The van der Waals surface area contributed by atoms with E-state index in [-0.39, 0.29) is 31.4 Å². The molecule has 1 aliphatic rings. The maximum Gasteiger partial charge on any atom is 0.407 e. The first-order valence-electron chi connectivity index (χ1n) is 10.6. The summed E-state index contributed by atoms with van der Waals surface area (Å²) in [6.07, 6.45) is 0.857. The van der Waals surface area contributed by atoms with Crippen molar-refractivity contribution in [1.29, 1.82) is 0 Å². The standard InChI is InChI=1S/C24H28N2O5/c1-2-8-21(23(29)25-14-7-13-22(27)28)26-24(30)31-15-20-18-11-5-3-9-16(18)17-10-4-6-12-19(17)20/h3-6,9-12,20-21H,2,7-8,13-15H2,1H3,(H,25,29)(H,26,30)(H,27,28). The third-order valence-corrected chi connectivity index (χ3v) is 5.40. The van der Waals surface area contributed by atoms with Crippen molar-refractivity contribution in [2.45, 2.75) is 44.6 Å². The van der Waals surface area contributed by atoms with Gasteiger partial charge >= 0.3 is 12.1 Å². The number of rotatable bonds is 10. The first kappa shape index (κ1) is 22.3. The topological polar surface area (TPSA) is 105 Å². The van der Waals surface area contributed by atoms with Crippen molar-refractivity contribution in [3.8, 4) is 11.1 Å². The van der Waals surface area contributed by atoms with Crippen molar-refractivity contribution in [1.82, 2.24) is 10.6 Å². The van der Waals surface area contributed by atoms with Crippen LogP contribution in [0.1, 0.15) is 49.7 Å². The molecule has 2 aromatic rings. The molecule has 0 aromatic heterocycles. The third kappa shape index (κ3) is 5.63. The van der Waals surface area contributed by atoms with Gasteiger partial charge in [-0.3, -0.25) is 9.59 Å². The predicted octanol–water partition coefficient (Wildman–Crippen LogP) is 3.67. The number of carbonyl (C=O) groups is 3. The zero-order chi connectivity index (χ0) is 22.2. The van der Waals surface area contributed by atoms with Crippen molar-refractivity contribution in [2.24, 2.45) is 0 Å². The van der Waals surface area contributed by atoms with E-state index in [1.54, 1.807) is 0 Å². The van der Waals surface area contributed by atoms with Gasteiger partial charge in [0.05, 0.1) is 0 Å². The number of carboxylic acids is 1. The van der Waals surface area contributed by atoms with Crippen molar-refractivity contribution < 1.29 is 24.2 Å². The number of benzene rings is 2. The van der Waals surface area contributed by atoms with Gasteiger partial charge in [0.15, 0.2) is 0 Å². The van der Waals surface area contributed by atoms with Gasteiger partial charge in [-0.2, -0.15) is 0 Å². The van der Waals surface area contributed by atoms with Crippen LogP contribution in [0, 0.1) is 0 Å². The van der Waals surface area contributed by atoms with Crippen LogP contribution in [-0.2, 0) is 14.3 Å². The molecule has 1 unspecified atom stereocenters. The van der Waals surface area contributed by atoms with E-state index < -0.39 is 18.1 Å². The smallest absolute Gasteiger partial charge is 0.407 e. The summed E-state index contributed by atoms with van der Waals surface area (Å²) in [4.78, 5) is 35.4. The predicted molar refractivity (Wildman–Crippen MR) is 117 cm³/mol. The van der Waals surface area contributed by atoms with Gasteiger partial charge in [-0.15, -0.1) is 0 Å². The summed E-state index contributed by atoms with van der Waals surface area (Å²) in [5.74, 6) is -1.29. The molecule has 3 N–H and O–H groups in total. The zero-order valence-corrected chi connectivity index (χ0v) is 17.6. The van der Waals surface area contributed by atoms with Gasteiger partial charge in [-0.05, 0) is 35.1 Å². The quantitative estimate of drug-likeness (QED) is 0.505. The number of aliphatic carboxylic acids is 1. The molecule has 0 saturated carbocycles. The summed E-state index contributed by atoms with van der Waals surface area (Å²) in [6, 6.07) is 15.5. The molecule has 7 nitrogen and oxygen atoms in total. The van der Waals surface area contributed by atoms with Gasteiger partial charge in [-0.25, -0.2) is 4.79 Å². The molecule has 7 heteroatoms. The minimum Gasteiger partial charge on any atom is -0.481 e. The molecule has 3 rings (SSSR count). The molecular formula is C24H28N2O5. The number of alkyl carbamates (subject to hydrolysis) is 1. The molecule has 0 fully saturated rings. The van der Waals surface area contributed by atoms with Crippen LogP contribution in [0.5, 0.6) is 0 Å². The molecule has 0 heterocycles. The Labute approximate surface area is 181 Å². The van der Waals surface area contributed by atoms with Gasteiger partial charge in [-0.1, -0.05) is 61.9 Å². The molecule has 164 valence electrons. The van der Waals surface area contributed by atoms with E-state index in [1.807, 2.05) is 43.3 Å². The SMILES string of the molecule is CCCC(NC(=O)OCC1c2ccccc2-c2ccccc21)C(=O)NCCCC(=O)O. The molecule has 1 atom stereocenters. The van der Waals surface area contributed by atoms with Crippen molar-refractivity contribution in [3.05, 3.63) is 59.7 Å². The van der Waals surface area contributed by atoms with Crippen LogP contribution in [0.25, 0.3) is 11.1 Å². The Morgan fingerprint density at radius 2 is 1.65 bits per heavy atom. The maximum atomic E-state index is 12.4. The lowest BCUT2D eigenvalue weighted by Gasteiger charge is -2.19. The minimum absolute atomic E-state index is 0.0153. The Hall–Kier alpha value is -3.35. The average molecular weight is 424 g/mol. The molecule has 0 aliphatic heterocycles. The second-order valence-corrected chi connectivity index (χ2v) is 7.60. The van der Waals surface area contributed by atoms with E-state index >= 15 is 0 Å². The lowest BCUT2D eigenvalue weighted by molar-refractivity contribution is -0.137. The van der Waals surface area contributed by atoms with E-state index in [1.165, 1.54) is 0 Å². The minimum atomic E-state index is -0.906. The van der Waals surface area contributed by atoms with E-state index in [2.05, 4.69) is 22.8 Å². The molecule has 2 amide bonds. The van der Waals surface area contributed by atoms with Gasteiger partial charge in [0.1, 0.15) is 12.6 Å². The highest BCUT2D eigenvalue weighted by atomic mass is 16.5. The van der Waals surface area contributed by atoms with Crippen LogP contribution in [-0.4, -0.2) is 42.3 Å². The Morgan fingerprint density at radius 1 is 1.03 bits per heavy atom. The van der Waals surface area contributed by atoms with Crippen LogP contribution < -0.4 is 10.6 Å². The van der Waals surface area contributed by atoms with Crippen molar-refractivity contribution in [3.63, 3.8) is 0 Å². The Kier molecular flexibility index (Phi) is 7.65. The fraction of sp³-hybridized carbons (Fsp3) is 0.375. The van der Waals surface area contributed by atoms with E-state index in [0.717, 1.165) is 22.3 Å². The molecule has 0 radical (unpaired) electrons. The van der Waals surface area contributed by atoms with Crippen LogP contribution in [0.15, 0.2) is 48.5 Å². The number of hydrogen-bond acceptors (Lipinski definition) is 4. The normalized spacial score (nSPS) is 13.1. The number of ether oxygens (including phenoxy) is 1. The Morgan fingerprint density at radius 3 is 2.23 bits per heavy atom. The van der Waals surface area contributed by atoms with E-state index in [9.17, 15) is 14.4 Å². The Balaban J connectivity index is 1.57. The monoisotopic (exact) mass is 424 g/mol. The summed E-state index contributed by atoms with van der Waals surface area (Å²) in [5.41, 5.74) is 4.55.